The average molecular weight is 287 g/mol. The van der Waals surface area contributed by atoms with Crippen molar-refractivity contribution in [1.29, 1.82) is 0 Å². The standard InChI is InChI=1S/C13H18FNO3S/c1-18-12-4-3-9(7-11(12)14)13(17)15-8-10(16)5-6-19-2/h3-4,7,10,16H,5-6,8H2,1-2H3,(H,15,17). The van der Waals surface area contributed by atoms with Gasteiger partial charge in [0.2, 0.25) is 0 Å². The van der Waals surface area contributed by atoms with Crippen molar-refractivity contribution in [3.05, 3.63) is 29.6 Å². The molecule has 0 saturated carbocycles. The van der Waals surface area contributed by atoms with Crippen LogP contribution in [-0.4, -0.2) is 42.8 Å². The third kappa shape index (κ3) is 5.08. The predicted octanol–water partition coefficient (Wildman–Crippen LogP) is 1.68. The second-order valence-electron chi connectivity index (χ2n) is 3.99. The minimum absolute atomic E-state index is 0.0940. The van der Waals surface area contributed by atoms with E-state index < -0.39 is 17.8 Å². The molecule has 2 N–H and O–H groups in total. The van der Waals surface area contributed by atoms with Crippen molar-refractivity contribution in [3.63, 3.8) is 0 Å². The molecule has 1 rings (SSSR count). The number of nitrogens with one attached hydrogen (secondary N) is 1. The lowest BCUT2D eigenvalue weighted by Crippen LogP contribution is -2.32. The highest BCUT2D eigenvalue weighted by Gasteiger charge is 2.11. The summed E-state index contributed by atoms with van der Waals surface area (Å²) < 4.78 is 18.2. The minimum Gasteiger partial charge on any atom is -0.494 e. The van der Waals surface area contributed by atoms with E-state index in [9.17, 15) is 14.3 Å². The highest BCUT2D eigenvalue weighted by atomic mass is 32.2. The number of rotatable bonds is 7. The van der Waals surface area contributed by atoms with Crippen LogP contribution in [0.3, 0.4) is 0 Å². The summed E-state index contributed by atoms with van der Waals surface area (Å²) in [6, 6.07) is 3.99. The van der Waals surface area contributed by atoms with Gasteiger partial charge in [-0.25, -0.2) is 4.39 Å². The summed E-state index contributed by atoms with van der Waals surface area (Å²) in [6.45, 7) is 0.160. The van der Waals surface area contributed by atoms with Crippen LogP contribution in [-0.2, 0) is 0 Å². The lowest BCUT2D eigenvalue weighted by molar-refractivity contribution is 0.0914. The molecule has 1 aromatic carbocycles. The largest absolute Gasteiger partial charge is 0.494 e. The fourth-order valence-corrected chi connectivity index (χ4v) is 1.98. The molecule has 0 aliphatic carbocycles. The number of methoxy groups -OCH3 is 1. The van der Waals surface area contributed by atoms with Gasteiger partial charge in [0.15, 0.2) is 11.6 Å². The van der Waals surface area contributed by atoms with Crippen LogP contribution in [0, 0.1) is 5.82 Å². The van der Waals surface area contributed by atoms with E-state index in [1.807, 2.05) is 6.26 Å². The van der Waals surface area contributed by atoms with Gasteiger partial charge in [0, 0.05) is 12.1 Å². The number of amides is 1. The zero-order chi connectivity index (χ0) is 14.3. The van der Waals surface area contributed by atoms with Gasteiger partial charge >= 0.3 is 0 Å². The van der Waals surface area contributed by atoms with E-state index in [1.54, 1.807) is 11.8 Å². The topological polar surface area (TPSA) is 58.6 Å². The van der Waals surface area contributed by atoms with Crippen LogP contribution in [0.15, 0.2) is 18.2 Å². The van der Waals surface area contributed by atoms with Gasteiger partial charge in [-0.3, -0.25) is 4.79 Å². The summed E-state index contributed by atoms with van der Waals surface area (Å²) >= 11 is 1.63. The van der Waals surface area contributed by atoms with Crippen LogP contribution in [0.25, 0.3) is 0 Å². The molecular weight excluding hydrogens is 269 g/mol. The molecule has 1 amide bonds. The van der Waals surface area contributed by atoms with Crippen LogP contribution >= 0.6 is 11.8 Å². The van der Waals surface area contributed by atoms with Crippen molar-refractivity contribution in [2.45, 2.75) is 12.5 Å². The Bertz CT molecular complexity index is 428. The number of hydrogen-bond acceptors (Lipinski definition) is 4. The number of ether oxygens (including phenoxy) is 1. The molecule has 0 aromatic heterocycles. The number of carbonyl (C=O) groups excluding carboxylic acids is 1. The number of halogens is 1. The smallest absolute Gasteiger partial charge is 0.251 e. The Labute approximate surface area is 116 Å². The predicted molar refractivity (Wildman–Crippen MR) is 74.3 cm³/mol. The lowest BCUT2D eigenvalue weighted by atomic mass is 10.2. The monoisotopic (exact) mass is 287 g/mol. The van der Waals surface area contributed by atoms with E-state index in [0.29, 0.717) is 6.42 Å². The second-order valence-corrected chi connectivity index (χ2v) is 4.98. The van der Waals surface area contributed by atoms with Crippen LogP contribution in [0.2, 0.25) is 0 Å². The van der Waals surface area contributed by atoms with Gasteiger partial charge in [0.05, 0.1) is 13.2 Å². The molecule has 19 heavy (non-hydrogen) atoms. The van der Waals surface area contributed by atoms with Gasteiger partial charge in [0.1, 0.15) is 0 Å². The molecule has 4 nitrogen and oxygen atoms in total. The molecule has 6 heteroatoms. The lowest BCUT2D eigenvalue weighted by Gasteiger charge is -2.11. The molecule has 0 radical (unpaired) electrons. The molecule has 0 heterocycles. The second kappa shape index (κ2) is 8.01. The Kier molecular flexibility index (Phi) is 6.66. The van der Waals surface area contributed by atoms with E-state index in [2.05, 4.69) is 5.32 Å². The molecule has 1 unspecified atom stereocenters. The van der Waals surface area contributed by atoms with Crippen molar-refractivity contribution in [3.8, 4) is 5.75 Å². The first kappa shape index (κ1) is 15.8. The zero-order valence-corrected chi connectivity index (χ0v) is 11.8. The van der Waals surface area contributed by atoms with E-state index in [-0.39, 0.29) is 17.9 Å². The first-order chi connectivity index (χ1) is 9.08. The zero-order valence-electron chi connectivity index (χ0n) is 11.0. The van der Waals surface area contributed by atoms with Gasteiger partial charge in [-0.1, -0.05) is 0 Å². The summed E-state index contributed by atoms with van der Waals surface area (Å²) in [5, 5.41) is 12.2. The van der Waals surface area contributed by atoms with Crippen molar-refractivity contribution >= 4 is 17.7 Å². The molecule has 1 atom stereocenters. The Balaban J connectivity index is 2.51. The molecular formula is C13H18FNO3S. The highest BCUT2D eigenvalue weighted by Crippen LogP contribution is 2.17. The van der Waals surface area contributed by atoms with Gasteiger partial charge in [-0.2, -0.15) is 11.8 Å². The van der Waals surface area contributed by atoms with Gasteiger partial charge in [0.25, 0.3) is 5.91 Å². The minimum atomic E-state index is -0.585. The molecule has 0 spiro atoms. The number of carbonyl (C=O) groups is 1. The molecule has 0 fully saturated rings. The third-order valence-corrected chi connectivity index (χ3v) is 3.21. The molecule has 0 bridgehead atoms. The van der Waals surface area contributed by atoms with Crippen molar-refractivity contribution in [1.82, 2.24) is 5.32 Å². The molecule has 0 aliphatic rings. The van der Waals surface area contributed by atoms with Gasteiger partial charge < -0.3 is 15.2 Å². The first-order valence-electron chi connectivity index (χ1n) is 5.87. The maximum Gasteiger partial charge on any atom is 0.251 e. The van der Waals surface area contributed by atoms with Crippen LogP contribution in [0.4, 0.5) is 4.39 Å². The quantitative estimate of drug-likeness (QED) is 0.801. The maximum atomic E-state index is 13.4. The summed E-state index contributed by atoms with van der Waals surface area (Å²) in [5.74, 6) is -0.0758. The SMILES string of the molecule is COc1ccc(C(=O)NCC(O)CCSC)cc1F. The Hall–Kier alpha value is -1.27. The highest BCUT2D eigenvalue weighted by molar-refractivity contribution is 7.98. The number of thioether (sulfide) groups is 1. The Morgan fingerprint density at radius 1 is 1.58 bits per heavy atom. The summed E-state index contributed by atoms with van der Waals surface area (Å²) in [5.41, 5.74) is 0.204. The Morgan fingerprint density at radius 3 is 2.89 bits per heavy atom. The Morgan fingerprint density at radius 2 is 2.32 bits per heavy atom. The van der Waals surface area contributed by atoms with Crippen LogP contribution < -0.4 is 10.1 Å². The molecule has 1 aromatic rings. The molecule has 0 aliphatic heterocycles. The van der Waals surface area contributed by atoms with Crippen LogP contribution in [0.5, 0.6) is 5.75 Å². The van der Waals surface area contributed by atoms with Gasteiger partial charge in [-0.15, -0.1) is 0 Å². The van der Waals surface area contributed by atoms with E-state index in [4.69, 9.17) is 4.74 Å². The van der Waals surface area contributed by atoms with E-state index in [0.717, 1.165) is 11.8 Å². The third-order valence-electron chi connectivity index (χ3n) is 2.57. The summed E-state index contributed by atoms with van der Waals surface area (Å²) in [4.78, 5) is 11.7. The number of aliphatic hydroxyl groups excluding tert-OH is 1. The average Bonchev–Trinajstić information content (AvgIpc) is 2.42. The summed E-state index contributed by atoms with van der Waals surface area (Å²) in [7, 11) is 1.36. The van der Waals surface area contributed by atoms with Crippen molar-refractivity contribution in [2.24, 2.45) is 0 Å². The fourth-order valence-electron chi connectivity index (χ4n) is 1.48. The number of aliphatic hydroxyl groups is 1. The van der Waals surface area contributed by atoms with E-state index in [1.165, 1.54) is 19.2 Å². The van der Waals surface area contributed by atoms with Crippen LogP contribution in [0.1, 0.15) is 16.8 Å². The van der Waals surface area contributed by atoms with Crippen molar-refractivity contribution in [2.75, 3.05) is 25.7 Å². The van der Waals surface area contributed by atoms with Gasteiger partial charge in [-0.05, 0) is 36.6 Å². The van der Waals surface area contributed by atoms with Crippen molar-refractivity contribution < 1.29 is 19.0 Å². The number of benzene rings is 1. The maximum absolute atomic E-state index is 13.4. The summed E-state index contributed by atoms with van der Waals surface area (Å²) in [6.07, 6.45) is 1.98. The first-order valence-corrected chi connectivity index (χ1v) is 7.26. The fraction of sp³-hybridized carbons (Fsp3) is 0.462. The normalized spacial score (nSPS) is 12.0. The molecule has 106 valence electrons. The van der Waals surface area contributed by atoms with E-state index >= 15 is 0 Å². The molecule has 0 saturated heterocycles. The number of hydrogen-bond donors (Lipinski definition) is 2.